The van der Waals surface area contributed by atoms with Gasteiger partial charge in [0.1, 0.15) is 0 Å². The van der Waals surface area contributed by atoms with E-state index in [-0.39, 0.29) is 18.6 Å². The van der Waals surface area contributed by atoms with Crippen molar-refractivity contribution in [2.45, 2.75) is 26.5 Å². The highest BCUT2D eigenvalue weighted by atomic mass is 32.2. The summed E-state index contributed by atoms with van der Waals surface area (Å²) in [5.74, 6) is 2.21. The van der Waals surface area contributed by atoms with Crippen LogP contribution in [-0.4, -0.2) is 46.6 Å². The summed E-state index contributed by atoms with van der Waals surface area (Å²) >= 11 is 1.94. The zero-order valence-electron chi connectivity index (χ0n) is 12.1. The maximum absolute atomic E-state index is 12.3. The first-order chi connectivity index (χ1) is 9.61. The molecule has 0 spiro atoms. The molecular formula is C15H22N2O2S. The third kappa shape index (κ3) is 3.75. The zero-order valence-corrected chi connectivity index (χ0v) is 12.9. The minimum absolute atomic E-state index is 0.0119. The first kappa shape index (κ1) is 15.4. The fourth-order valence-electron chi connectivity index (χ4n) is 2.27. The van der Waals surface area contributed by atoms with E-state index in [1.807, 2.05) is 43.8 Å². The number of benzene rings is 1. The van der Waals surface area contributed by atoms with Crippen molar-refractivity contribution in [3.8, 4) is 0 Å². The van der Waals surface area contributed by atoms with Gasteiger partial charge < -0.3 is 10.4 Å². The molecule has 1 aliphatic heterocycles. The fraction of sp³-hybridized carbons (Fsp3) is 0.533. The number of aryl methyl sites for hydroxylation is 1. The van der Waals surface area contributed by atoms with E-state index in [1.165, 1.54) is 0 Å². The molecule has 0 radical (unpaired) electrons. The molecule has 1 aromatic rings. The fourth-order valence-corrected chi connectivity index (χ4v) is 3.20. The van der Waals surface area contributed by atoms with Gasteiger partial charge >= 0.3 is 0 Å². The lowest BCUT2D eigenvalue weighted by atomic mass is 10.1. The predicted molar refractivity (Wildman–Crippen MR) is 84.1 cm³/mol. The number of rotatable bonds is 4. The van der Waals surface area contributed by atoms with Gasteiger partial charge in [-0.3, -0.25) is 9.69 Å². The number of nitrogens with zero attached hydrogens (tertiary/aromatic N) is 1. The highest BCUT2D eigenvalue weighted by Crippen LogP contribution is 2.19. The number of nitrogens with one attached hydrogen (secondary N) is 1. The van der Waals surface area contributed by atoms with Gasteiger partial charge in [0.25, 0.3) is 0 Å². The van der Waals surface area contributed by atoms with E-state index in [4.69, 9.17) is 0 Å². The van der Waals surface area contributed by atoms with Crippen LogP contribution in [0.3, 0.4) is 0 Å². The number of thioether (sulfide) groups is 1. The van der Waals surface area contributed by atoms with Gasteiger partial charge in [0.2, 0.25) is 5.91 Å². The Bertz CT molecular complexity index is 473. The molecule has 110 valence electrons. The van der Waals surface area contributed by atoms with Gasteiger partial charge in [-0.25, -0.2) is 0 Å². The van der Waals surface area contributed by atoms with Crippen LogP contribution < -0.4 is 5.32 Å². The number of aliphatic hydroxyl groups excluding tert-OH is 1. The van der Waals surface area contributed by atoms with Crippen LogP contribution in [0.4, 0.5) is 5.69 Å². The van der Waals surface area contributed by atoms with Crippen molar-refractivity contribution in [3.05, 3.63) is 29.3 Å². The summed E-state index contributed by atoms with van der Waals surface area (Å²) in [6, 6.07) is 5.51. The summed E-state index contributed by atoms with van der Waals surface area (Å²) in [5, 5.41) is 12.2. The monoisotopic (exact) mass is 294 g/mol. The first-order valence-corrected chi connectivity index (χ1v) is 8.10. The molecule has 1 amide bonds. The molecule has 0 unspecified atom stereocenters. The molecule has 0 saturated carbocycles. The Labute approximate surface area is 124 Å². The Balaban J connectivity index is 2.03. The molecule has 0 aliphatic carbocycles. The smallest absolute Gasteiger partial charge is 0.241 e. The van der Waals surface area contributed by atoms with Gasteiger partial charge in [0, 0.05) is 30.3 Å². The van der Waals surface area contributed by atoms with Crippen molar-refractivity contribution in [3.63, 3.8) is 0 Å². The summed E-state index contributed by atoms with van der Waals surface area (Å²) in [4.78, 5) is 14.6. The number of carbonyl (C=O) groups is 1. The number of hydrogen-bond donors (Lipinski definition) is 2. The van der Waals surface area contributed by atoms with Crippen LogP contribution in [0.15, 0.2) is 18.2 Å². The van der Waals surface area contributed by atoms with E-state index >= 15 is 0 Å². The molecule has 5 heteroatoms. The second kappa shape index (κ2) is 7.11. The lowest BCUT2D eigenvalue weighted by Crippen LogP contribution is -2.46. The third-order valence-corrected chi connectivity index (χ3v) is 4.66. The third-order valence-electron chi connectivity index (χ3n) is 3.72. The summed E-state index contributed by atoms with van der Waals surface area (Å²) in [5.41, 5.74) is 2.62. The largest absolute Gasteiger partial charge is 0.392 e. The highest BCUT2D eigenvalue weighted by Gasteiger charge is 2.23. The Morgan fingerprint density at radius 1 is 1.45 bits per heavy atom. The van der Waals surface area contributed by atoms with Crippen LogP contribution in [0.5, 0.6) is 0 Å². The quantitative estimate of drug-likeness (QED) is 0.890. The minimum atomic E-state index is -0.118. The van der Waals surface area contributed by atoms with E-state index in [2.05, 4.69) is 10.2 Å². The molecule has 1 atom stereocenters. The zero-order chi connectivity index (χ0) is 14.5. The van der Waals surface area contributed by atoms with Crippen LogP contribution >= 0.6 is 11.8 Å². The number of amides is 1. The number of aliphatic hydroxyl groups is 1. The van der Waals surface area contributed by atoms with Gasteiger partial charge in [0.05, 0.1) is 12.6 Å². The van der Waals surface area contributed by atoms with Gasteiger partial charge in [-0.2, -0.15) is 11.8 Å². The minimum Gasteiger partial charge on any atom is -0.392 e. The predicted octanol–water partition coefficient (Wildman–Crippen LogP) is 1.86. The standard InChI is InChI=1S/C15H22N2O2S/c1-11-3-4-13(10-18)9-14(11)16-15(19)12(2)17-5-7-20-8-6-17/h3-4,9,12,18H,5-8,10H2,1-2H3,(H,16,19)/t12-/m0/s1. The molecule has 1 aromatic carbocycles. The van der Waals surface area contributed by atoms with Crippen LogP contribution in [0.1, 0.15) is 18.1 Å². The van der Waals surface area contributed by atoms with E-state index in [0.29, 0.717) is 0 Å². The van der Waals surface area contributed by atoms with Crippen LogP contribution in [0.2, 0.25) is 0 Å². The van der Waals surface area contributed by atoms with Gasteiger partial charge in [-0.15, -0.1) is 0 Å². The van der Waals surface area contributed by atoms with E-state index in [0.717, 1.165) is 41.4 Å². The summed E-state index contributed by atoms with van der Waals surface area (Å²) in [7, 11) is 0. The van der Waals surface area contributed by atoms with Crippen molar-refractivity contribution in [2.75, 3.05) is 29.9 Å². The van der Waals surface area contributed by atoms with Crippen molar-refractivity contribution >= 4 is 23.4 Å². The van der Waals surface area contributed by atoms with Gasteiger partial charge in [-0.1, -0.05) is 12.1 Å². The normalized spacial score (nSPS) is 17.8. The van der Waals surface area contributed by atoms with E-state index in [9.17, 15) is 9.90 Å². The summed E-state index contributed by atoms with van der Waals surface area (Å²) in [6.07, 6.45) is 0. The Hall–Kier alpha value is -1.04. The Kier molecular flexibility index (Phi) is 5.46. The first-order valence-electron chi connectivity index (χ1n) is 6.95. The topological polar surface area (TPSA) is 52.6 Å². The molecule has 2 N–H and O–H groups in total. The summed E-state index contributed by atoms with van der Waals surface area (Å²) in [6.45, 7) is 5.83. The van der Waals surface area contributed by atoms with Crippen LogP contribution in [0, 0.1) is 6.92 Å². The van der Waals surface area contributed by atoms with Crippen molar-refractivity contribution in [1.29, 1.82) is 0 Å². The Morgan fingerprint density at radius 3 is 2.80 bits per heavy atom. The van der Waals surface area contributed by atoms with Crippen molar-refractivity contribution in [1.82, 2.24) is 4.90 Å². The van der Waals surface area contributed by atoms with Crippen LogP contribution in [-0.2, 0) is 11.4 Å². The lowest BCUT2D eigenvalue weighted by Gasteiger charge is -2.31. The number of carbonyl (C=O) groups excluding carboxylic acids is 1. The van der Waals surface area contributed by atoms with Gasteiger partial charge in [0.15, 0.2) is 0 Å². The second-order valence-corrected chi connectivity index (χ2v) is 6.35. The molecule has 2 rings (SSSR count). The SMILES string of the molecule is Cc1ccc(CO)cc1NC(=O)[C@H](C)N1CCSCC1. The Morgan fingerprint density at radius 2 is 2.15 bits per heavy atom. The molecule has 20 heavy (non-hydrogen) atoms. The second-order valence-electron chi connectivity index (χ2n) is 5.12. The van der Waals surface area contributed by atoms with Crippen molar-refractivity contribution in [2.24, 2.45) is 0 Å². The lowest BCUT2D eigenvalue weighted by molar-refractivity contribution is -0.120. The number of anilines is 1. The van der Waals surface area contributed by atoms with E-state index in [1.54, 1.807) is 0 Å². The van der Waals surface area contributed by atoms with E-state index < -0.39 is 0 Å². The molecule has 1 fully saturated rings. The van der Waals surface area contributed by atoms with Gasteiger partial charge in [-0.05, 0) is 31.0 Å². The molecule has 1 heterocycles. The molecule has 4 nitrogen and oxygen atoms in total. The van der Waals surface area contributed by atoms with Crippen molar-refractivity contribution < 1.29 is 9.90 Å². The molecule has 0 aromatic heterocycles. The average molecular weight is 294 g/mol. The maximum Gasteiger partial charge on any atom is 0.241 e. The molecule has 1 aliphatic rings. The molecule has 0 bridgehead atoms. The average Bonchev–Trinajstić information content (AvgIpc) is 2.49. The van der Waals surface area contributed by atoms with Crippen LogP contribution in [0.25, 0.3) is 0 Å². The summed E-state index contributed by atoms with van der Waals surface area (Å²) < 4.78 is 0. The highest BCUT2D eigenvalue weighted by molar-refractivity contribution is 7.99. The molecular weight excluding hydrogens is 272 g/mol. The maximum atomic E-state index is 12.3. The number of hydrogen-bond acceptors (Lipinski definition) is 4. The molecule has 1 saturated heterocycles.